The maximum Gasteiger partial charge on any atom is 0.500 e. The first-order chi connectivity index (χ1) is 14.0. The molecule has 164 valence electrons. The summed E-state index contributed by atoms with van der Waals surface area (Å²) >= 11 is 0. The molecule has 29 heavy (non-hydrogen) atoms. The van der Waals surface area contributed by atoms with Crippen LogP contribution in [0.25, 0.3) is 6.08 Å². The number of rotatable bonds is 16. The maximum absolute atomic E-state index is 10.6. The largest absolute Gasteiger partial charge is 0.545 e. The number of ether oxygens (including phenoxy) is 2. The molecule has 0 fully saturated rings. The van der Waals surface area contributed by atoms with E-state index in [9.17, 15) is 9.90 Å². The molecule has 0 saturated carbocycles. The van der Waals surface area contributed by atoms with Gasteiger partial charge in [-0.25, -0.2) is 0 Å². The van der Waals surface area contributed by atoms with Crippen LogP contribution in [0.5, 0.6) is 11.5 Å². The Labute approximate surface area is 174 Å². The lowest BCUT2D eigenvalue weighted by Gasteiger charge is -2.28. The number of unbranched alkanes of at least 4 members (excludes halogenated alkanes) is 1. The molecule has 0 radical (unpaired) electrons. The van der Waals surface area contributed by atoms with Crippen molar-refractivity contribution in [2.45, 2.75) is 46.6 Å². The molecule has 1 rings (SSSR count). The van der Waals surface area contributed by atoms with Crippen LogP contribution in [-0.4, -0.2) is 47.8 Å². The van der Waals surface area contributed by atoms with Crippen LogP contribution in [0, 0.1) is 0 Å². The van der Waals surface area contributed by atoms with Crippen molar-refractivity contribution in [1.82, 2.24) is 0 Å². The fraction of sp³-hybridized carbons (Fsp3) is 0.571. The third kappa shape index (κ3) is 9.45. The van der Waals surface area contributed by atoms with Crippen molar-refractivity contribution < 1.29 is 32.7 Å². The first kappa shape index (κ1) is 25.2. The molecule has 0 spiro atoms. The van der Waals surface area contributed by atoms with Crippen LogP contribution in [0.2, 0.25) is 6.04 Å². The highest BCUT2D eigenvalue weighted by atomic mass is 28.4. The topological polar surface area (TPSA) is 86.3 Å². The van der Waals surface area contributed by atoms with Gasteiger partial charge in [0.15, 0.2) is 11.5 Å². The quantitative estimate of drug-likeness (QED) is 0.228. The highest BCUT2D eigenvalue weighted by Crippen LogP contribution is 2.29. The average molecular weight is 426 g/mol. The molecule has 0 N–H and O–H groups in total. The van der Waals surface area contributed by atoms with Crippen molar-refractivity contribution in [3.8, 4) is 11.5 Å². The van der Waals surface area contributed by atoms with E-state index in [1.54, 1.807) is 18.2 Å². The number of hydrogen-bond acceptors (Lipinski definition) is 7. The molecule has 7 nitrogen and oxygen atoms in total. The molecule has 0 aliphatic heterocycles. The van der Waals surface area contributed by atoms with Gasteiger partial charge in [-0.3, -0.25) is 0 Å². The van der Waals surface area contributed by atoms with Crippen LogP contribution in [0.1, 0.15) is 46.1 Å². The second-order valence-electron chi connectivity index (χ2n) is 6.08. The van der Waals surface area contributed by atoms with E-state index in [0.717, 1.165) is 25.0 Å². The molecule has 0 aromatic heterocycles. The molecule has 0 amide bonds. The Morgan fingerprint density at radius 1 is 0.931 bits per heavy atom. The van der Waals surface area contributed by atoms with Crippen molar-refractivity contribution in [3.05, 3.63) is 29.8 Å². The number of carbonyl (C=O) groups excluding carboxylic acids is 1. The van der Waals surface area contributed by atoms with Crippen molar-refractivity contribution in [3.63, 3.8) is 0 Å². The molecule has 1 aromatic rings. The monoisotopic (exact) mass is 425 g/mol. The predicted molar refractivity (Wildman–Crippen MR) is 112 cm³/mol. The van der Waals surface area contributed by atoms with E-state index in [4.69, 9.17) is 22.8 Å². The highest BCUT2D eigenvalue weighted by Gasteiger charge is 2.39. The first-order valence-corrected chi connectivity index (χ1v) is 12.1. The van der Waals surface area contributed by atoms with Crippen LogP contribution in [0.15, 0.2) is 24.3 Å². The fourth-order valence-corrected chi connectivity index (χ4v) is 5.49. The van der Waals surface area contributed by atoms with E-state index in [-0.39, 0.29) is 0 Å². The minimum absolute atomic E-state index is 0.489. The maximum atomic E-state index is 10.6. The summed E-state index contributed by atoms with van der Waals surface area (Å²) in [6, 6.07) is 6.02. The molecule has 0 unspecified atom stereocenters. The number of hydrogen-bond donors (Lipinski definition) is 0. The fourth-order valence-electron chi connectivity index (χ4n) is 2.81. The molecular formula is C21H33O7Si-. The zero-order valence-corrected chi connectivity index (χ0v) is 18.9. The molecule has 0 saturated heterocycles. The van der Waals surface area contributed by atoms with Crippen LogP contribution in [0.4, 0.5) is 0 Å². The number of carboxylic acids is 1. The van der Waals surface area contributed by atoms with Gasteiger partial charge in [0, 0.05) is 25.9 Å². The lowest BCUT2D eigenvalue weighted by Crippen LogP contribution is -2.45. The van der Waals surface area contributed by atoms with Gasteiger partial charge in [-0.1, -0.05) is 12.1 Å². The van der Waals surface area contributed by atoms with Gasteiger partial charge in [-0.15, -0.1) is 0 Å². The minimum Gasteiger partial charge on any atom is -0.545 e. The lowest BCUT2D eigenvalue weighted by atomic mass is 10.2. The molecule has 0 heterocycles. The van der Waals surface area contributed by atoms with Crippen LogP contribution in [0.3, 0.4) is 0 Å². The Kier molecular flexibility index (Phi) is 12.3. The van der Waals surface area contributed by atoms with E-state index in [2.05, 4.69) is 0 Å². The number of carbonyl (C=O) groups is 1. The minimum atomic E-state index is -2.63. The van der Waals surface area contributed by atoms with Crippen molar-refractivity contribution in [2.75, 3.05) is 33.0 Å². The van der Waals surface area contributed by atoms with Gasteiger partial charge in [0.25, 0.3) is 0 Å². The molecule has 0 aliphatic rings. The summed E-state index contributed by atoms with van der Waals surface area (Å²) in [6.07, 6.45) is 4.09. The smallest absolute Gasteiger partial charge is 0.500 e. The van der Waals surface area contributed by atoms with Crippen LogP contribution < -0.4 is 14.6 Å². The first-order valence-electron chi connectivity index (χ1n) is 10.2. The summed E-state index contributed by atoms with van der Waals surface area (Å²) in [5.74, 6) is -0.0399. The second-order valence-corrected chi connectivity index (χ2v) is 8.81. The number of carboxylic acid groups (broad SMARTS) is 1. The van der Waals surface area contributed by atoms with Gasteiger partial charge in [-0.2, -0.15) is 0 Å². The van der Waals surface area contributed by atoms with E-state index >= 15 is 0 Å². The van der Waals surface area contributed by atoms with E-state index in [1.165, 1.54) is 6.08 Å². The van der Waals surface area contributed by atoms with Crippen molar-refractivity contribution in [2.24, 2.45) is 0 Å². The Balaban J connectivity index is 2.66. The van der Waals surface area contributed by atoms with Crippen molar-refractivity contribution >= 4 is 20.8 Å². The highest BCUT2D eigenvalue weighted by molar-refractivity contribution is 6.60. The molecule has 8 heteroatoms. The molecular weight excluding hydrogens is 392 g/mol. The Morgan fingerprint density at radius 3 is 2.14 bits per heavy atom. The van der Waals surface area contributed by atoms with Crippen LogP contribution in [-0.2, 0) is 18.1 Å². The average Bonchev–Trinajstić information content (AvgIpc) is 2.68. The lowest BCUT2D eigenvalue weighted by molar-refractivity contribution is -0.297. The Hall–Kier alpha value is -1.87. The second kappa shape index (κ2) is 14.2. The summed E-state index contributed by atoms with van der Waals surface area (Å²) in [5.41, 5.74) is 0.697. The Morgan fingerprint density at radius 2 is 1.59 bits per heavy atom. The van der Waals surface area contributed by atoms with Gasteiger partial charge >= 0.3 is 8.80 Å². The zero-order chi connectivity index (χ0) is 21.5. The molecule has 0 aliphatic carbocycles. The Bertz CT molecular complexity index is 616. The summed E-state index contributed by atoms with van der Waals surface area (Å²) in [5, 5.41) is 10.6. The summed E-state index contributed by atoms with van der Waals surface area (Å²) < 4.78 is 29.1. The predicted octanol–water partition coefficient (Wildman–Crippen LogP) is 3.06. The third-order valence-corrected chi connectivity index (χ3v) is 7.06. The van der Waals surface area contributed by atoms with Gasteiger partial charge in [0.2, 0.25) is 0 Å². The SMILES string of the molecule is CCOc1ccc(/C=C/C(=O)[O-])cc1OCCCC[Si](OCC)(OCC)OCC. The standard InChI is InChI=1S/C21H34O7Si/c1-5-24-19-13-11-18(12-14-21(22)23)17-20(19)25-15-9-10-16-29(26-6-2,27-7-3)28-8-4/h11-14,17H,5-10,15-16H2,1-4H3,(H,22,23)/p-1/b14-12+. The molecule has 1 aromatic carbocycles. The summed E-state index contributed by atoms with van der Waals surface area (Å²) in [7, 11) is -2.63. The van der Waals surface area contributed by atoms with Gasteiger partial charge in [0.1, 0.15) is 0 Å². The molecule has 0 bridgehead atoms. The van der Waals surface area contributed by atoms with E-state index < -0.39 is 14.8 Å². The van der Waals surface area contributed by atoms with Crippen LogP contribution >= 0.6 is 0 Å². The van der Waals surface area contributed by atoms with E-state index in [1.807, 2.05) is 27.7 Å². The summed E-state index contributed by atoms with van der Waals surface area (Å²) in [6.45, 7) is 10.4. The summed E-state index contributed by atoms with van der Waals surface area (Å²) in [4.78, 5) is 10.6. The third-order valence-electron chi connectivity index (χ3n) is 3.91. The van der Waals surface area contributed by atoms with Gasteiger partial charge in [0.05, 0.1) is 19.2 Å². The van der Waals surface area contributed by atoms with Crippen molar-refractivity contribution in [1.29, 1.82) is 0 Å². The van der Waals surface area contributed by atoms with Gasteiger partial charge < -0.3 is 32.7 Å². The van der Waals surface area contributed by atoms with Gasteiger partial charge in [-0.05, 0) is 64.3 Å². The zero-order valence-electron chi connectivity index (χ0n) is 17.9. The number of aliphatic carboxylic acids is 1. The normalized spacial score (nSPS) is 11.7. The molecule has 0 atom stereocenters. The van der Waals surface area contributed by atoms with E-state index in [0.29, 0.717) is 50.1 Å². The number of benzene rings is 1.